The Hall–Kier alpha value is -0.330. The number of Topliss-reactive ketones (excluding diaryl/α,β-unsaturated/α-hetero) is 1. The number of rotatable bonds is 1. The quantitative estimate of drug-likeness (QED) is 0.603. The van der Waals surface area contributed by atoms with Gasteiger partial charge in [-0.1, -0.05) is 0 Å². The Bertz CT molecular complexity index is 244. The average molecular weight is 178 g/mol. The third-order valence-corrected chi connectivity index (χ3v) is 4.78. The van der Waals surface area contributed by atoms with Crippen molar-refractivity contribution in [3.8, 4) is 0 Å². The zero-order valence-electron chi connectivity index (χ0n) is 8.33. The van der Waals surface area contributed by atoms with Crippen molar-refractivity contribution in [2.45, 2.75) is 39.0 Å². The molecule has 3 fully saturated rings. The van der Waals surface area contributed by atoms with E-state index in [4.69, 9.17) is 0 Å². The van der Waals surface area contributed by atoms with Crippen LogP contribution in [-0.2, 0) is 4.79 Å². The second-order valence-electron chi connectivity index (χ2n) is 5.55. The third kappa shape index (κ3) is 1.09. The standard InChI is InChI=1S/C12H18O/c1-7(13)11-5-8-2-9-4-10(3-8)12(11)6-9/h8-12H,2-6H2,1H3. The Morgan fingerprint density at radius 1 is 1.00 bits per heavy atom. The summed E-state index contributed by atoms with van der Waals surface area (Å²) in [6, 6.07) is 0. The highest BCUT2D eigenvalue weighted by atomic mass is 16.1. The minimum atomic E-state index is 0.455. The second-order valence-corrected chi connectivity index (χ2v) is 5.55. The van der Waals surface area contributed by atoms with Crippen LogP contribution in [0.3, 0.4) is 0 Å². The molecular formula is C12H18O. The van der Waals surface area contributed by atoms with E-state index in [0.717, 1.165) is 23.7 Å². The molecule has 0 heterocycles. The summed E-state index contributed by atoms with van der Waals surface area (Å²) in [6.07, 6.45) is 6.95. The highest BCUT2D eigenvalue weighted by Crippen LogP contribution is 2.57. The van der Waals surface area contributed by atoms with Crippen LogP contribution in [0, 0.1) is 29.6 Å². The van der Waals surface area contributed by atoms with Gasteiger partial charge in [0, 0.05) is 5.92 Å². The molecule has 0 aliphatic heterocycles. The van der Waals surface area contributed by atoms with Crippen molar-refractivity contribution in [1.82, 2.24) is 0 Å². The van der Waals surface area contributed by atoms with E-state index in [1.807, 2.05) is 6.92 Å². The lowest BCUT2D eigenvalue weighted by Gasteiger charge is -2.38. The fourth-order valence-electron chi connectivity index (χ4n) is 4.42. The predicted molar refractivity (Wildman–Crippen MR) is 51.2 cm³/mol. The number of carbonyl (C=O) groups excluding carboxylic acids is 1. The van der Waals surface area contributed by atoms with E-state index in [1.165, 1.54) is 32.1 Å². The summed E-state index contributed by atoms with van der Waals surface area (Å²) in [4.78, 5) is 11.5. The average Bonchev–Trinajstić information content (AvgIpc) is 2.27. The molecule has 0 aromatic carbocycles. The maximum Gasteiger partial charge on any atom is 0.133 e. The van der Waals surface area contributed by atoms with Crippen LogP contribution in [0.25, 0.3) is 0 Å². The van der Waals surface area contributed by atoms with Gasteiger partial charge in [-0.2, -0.15) is 0 Å². The number of fused-ring (bicyclic) bond motifs is 2. The molecule has 0 spiro atoms. The van der Waals surface area contributed by atoms with E-state index in [9.17, 15) is 4.79 Å². The molecule has 3 rings (SSSR count). The molecule has 3 bridgehead atoms. The van der Waals surface area contributed by atoms with Crippen LogP contribution in [0.4, 0.5) is 0 Å². The van der Waals surface area contributed by atoms with Gasteiger partial charge >= 0.3 is 0 Å². The van der Waals surface area contributed by atoms with Gasteiger partial charge in [-0.3, -0.25) is 4.79 Å². The zero-order valence-corrected chi connectivity index (χ0v) is 8.33. The van der Waals surface area contributed by atoms with Crippen LogP contribution < -0.4 is 0 Å². The van der Waals surface area contributed by atoms with E-state index >= 15 is 0 Å². The zero-order chi connectivity index (χ0) is 9.00. The molecule has 3 saturated carbocycles. The Morgan fingerprint density at radius 3 is 2.38 bits per heavy atom. The van der Waals surface area contributed by atoms with Gasteiger partial charge in [0.25, 0.3) is 0 Å². The smallest absolute Gasteiger partial charge is 0.133 e. The lowest BCUT2D eigenvalue weighted by molar-refractivity contribution is -0.124. The van der Waals surface area contributed by atoms with Gasteiger partial charge in [-0.25, -0.2) is 0 Å². The highest BCUT2D eigenvalue weighted by molar-refractivity contribution is 5.78. The lowest BCUT2D eigenvalue weighted by Crippen LogP contribution is -2.33. The van der Waals surface area contributed by atoms with Crippen molar-refractivity contribution in [2.75, 3.05) is 0 Å². The van der Waals surface area contributed by atoms with Crippen LogP contribution in [0.1, 0.15) is 39.0 Å². The SMILES string of the molecule is CC(=O)C1CC2CC3CC(C2)C1C3. The number of carbonyl (C=O) groups is 1. The molecule has 3 aliphatic carbocycles. The third-order valence-electron chi connectivity index (χ3n) is 4.78. The van der Waals surface area contributed by atoms with E-state index < -0.39 is 0 Å². The molecule has 1 nitrogen and oxygen atoms in total. The van der Waals surface area contributed by atoms with Crippen molar-refractivity contribution in [3.05, 3.63) is 0 Å². The van der Waals surface area contributed by atoms with Gasteiger partial charge in [-0.15, -0.1) is 0 Å². The Labute approximate surface area is 79.9 Å². The first-order valence-corrected chi connectivity index (χ1v) is 5.74. The van der Waals surface area contributed by atoms with Crippen LogP contribution >= 0.6 is 0 Å². The molecule has 0 aromatic heterocycles. The monoisotopic (exact) mass is 178 g/mol. The van der Waals surface area contributed by atoms with Crippen molar-refractivity contribution in [1.29, 1.82) is 0 Å². The largest absolute Gasteiger partial charge is 0.300 e. The van der Waals surface area contributed by atoms with E-state index in [2.05, 4.69) is 0 Å². The summed E-state index contributed by atoms with van der Waals surface area (Å²) in [5.74, 6) is 4.57. The molecule has 13 heavy (non-hydrogen) atoms. The number of hydrogen-bond donors (Lipinski definition) is 0. The van der Waals surface area contributed by atoms with Gasteiger partial charge in [-0.05, 0) is 62.7 Å². The van der Waals surface area contributed by atoms with Gasteiger partial charge in [0.1, 0.15) is 5.78 Å². The number of ketones is 1. The van der Waals surface area contributed by atoms with E-state index in [1.54, 1.807) is 0 Å². The summed E-state index contributed by atoms with van der Waals surface area (Å²) in [6.45, 7) is 1.81. The molecule has 0 saturated heterocycles. The second kappa shape index (κ2) is 2.59. The fourth-order valence-corrected chi connectivity index (χ4v) is 4.42. The molecular weight excluding hydrogens is 160 g/mol. The molecule has 0 N–H and O–H groups in total. The topological polar surface area (TPSA) is 17.1 Å². The molecule has 0 aromatic rings. The van der Waals surface area contributed by atoms with E-state index in [-0.39, 0.29) is 0 Å². The first-order chi connectivity index (χ1) is 6.24. The summed E-state index contributed by atoms with van der Waals surface area (Å²) in [5, 5.41) is 0. The molecule has 0 radical (unpaired) electrons. The first-order valence-electron chi connectivity index (χ1n) is 5.74. The molecule has 5 unspecified atom stereocenters. The van der Waals surface area contributed by atoms with Gasteiger partial charge < -0.3 is 0 Å². The molecule has 0 amide bonds. The van der Waals surface area contributed by atoms with Gasteiger partial charge in [0.05, 0.1) is 0 Å². The highest BCUT2D eigenvalue weighted by Gasteiger charge is 2.49. The van der Waals surface area contributed by atoms with Crippen molar-refractivity contribution in [3.63, 3.8) is 0 Å². The maximum absolute atomic E-state index is 11.5. The Morgan fingerprint density at radius 2 is 1.69 bits per heavy atom. The van der Waals surface area contributed by atoms with Crippen molar-refractivity contribution in [2.24, 2.45) is 29.6 Å². The van der Waals surface area contributed by atoms with E-state index in [0.29, 0.717) is 11.7 Å². The van der Waals surface area contributed by atoms with Gasteiger partial charge in [0.15, 0.2) is 0 Å². The summed E-state index contributed by atoms with van der Waals surface area (Å²) >= 11 is 0. The van der Waals surface area contributed by atoms with Gasteiger partial charge in [0.2, 0.25) is 0 Å². The minimum Gasteiger partial charge on any atom is -0.300 e. The fraction of sp³-hybridized carbons (Fsp3) is 0.917. The Kier molecular flexibility index (Phi) is 1.59. The van der Waals surface area contributed by atoms with Crippen LogP contribution in [0.15, 0.2) is 0 Å². The summed E-state index contributed by atoms with van der Waals surface area (Å²) < 4.78 is 0. The van der Waals surface area contributed by atoms with Crippen molar-refractivity contribution < 1.29 is 4.79 Å². The van der Waals surface area contributed by atoms with Crippen LogP contribution in [0.2, 0.25) is 0 Å². The summed E-state index contributed by atoms with van der Waals surface area (Å²) in [7, 11) is 0. The lowest BCUT2D eigenvalue weighted by atomic mass is 9.66. The Balaban J connectivity index is 1.91. The minimum absolute atomic E-state index is 0.455. The first kappa shape index (κ1) is 8.02. The summed E-state index contributed by atoms with van der Waals surface area (Å²) in [5.41, 5.74) is 0. The molecule has 5 atom stereocenters. The molecule has 72 valence electrons. The predicted octanol–water partition coefficient (Wildman–Crippen LogP) is 2.65. The maximum atomic E-state index is 11.5. The van der Waals surface area contributed by atoms with Crippen LogP contribution in [-0.4, -0.2) is 5.78 Å². The normalized spacial score (nSPS) is 52.5. The number of hydrogen-bond acceptors (Lipinski definition) is 1. The van der Waals surface area contributed by atoms with Crippen molar-refractivity contribution >= 4 is 5.78 Å². The van der Waals surface area contributed by atoms with Crippen LogP contribution in [0.5, 0.6) is 0 Å². The molecule has 3 aliphatic rings. The molecule has 1 heteroatoms.